The minimum Gasteiger partial charge on any atom is -0.337 e. The fraction of sp³-hybridized carbons (Fsp3) is 0.267. The molecule has 19 heavy (non-hydrogen) atoms. The second-order valence-corrected chi connectivity index (χ2v) is 4.62. The van der Waals surface area contributed by atoms with E-state index in [2.05, 4.69) is 34.6 Å². The highest BCUT2D eigenvalue weighted by atomic mass is 15.2. The predicted molar refractivity (Wildman–Crippen MR) is 75.4 cm³/mol. The Morgan fingerprint density at radius 2 is 1.79 bits per heavy atom. The van der Waals surface area contributed by atoms with Crippen LogP contribution >= 0.6 is 0 Å². The van der Waals surface area contributed by atoms with E-state index in [1.807, 2.05) is 32.9 Å². The number of aryl methyl sites for hydroxylation is 2. The van der Waals surface area contributed by atoms with Gasteiger partial charge in [0, 0.05) is 5.69 Å². The molecule has 2 aromatic rings. The third-order valence-corrected chi connectivity index (χ3v) is 3.42. The Morgan fingerprint density at radius 1 is 1.05 bits per heavy atom. The first-order valence-electron chi connectivity index (χ1n) is 6.11. The van der Waals surface area contributed by atoms with Gasteiger partial charge in [-0.3, -0.25) is 0 Å². The van der Waals surface area contributed by atoms with E-state index in [4.69, 9.17) is 0 Å². The molecule has 0 aliphatic carbocycles. The lowest BCUT2D eigenvalue weighted by Gasteiger charge is -2.12. The molecule has 1 N–H and O–H groups in total. The number of hydrogen-bond acceptors (Lipinski definition) is 4. The lowest BCUT2D eigenvalue weighted by atomic mass is 10.1. The van der Waals surface area contributed by atoms with Gasteiger partial charge in [-0.05, 0) is 50.5 Å². The summed E-state index contributed by atoms with van der Waals surface area (Å²) < 4.78 is 0. The molecular weight excluding hydrogens is 236 g/mol. The third kappa shape index (κ3) is 2.41. The molecule has 0 spiro atoms. The molecule has 0 aliphatic rings. The van der Waals surface area contributed by atoms with E-state index in [0.717, 1.165) is 22.5 Å². The van der Waals surface area contributed by atoms with Crippen LogP contribution in [0.2, 0.25) is 0 Å². The fourth-order valence-corrected chi connectivity index (χ4v) is 1.85. The van der Waals surface area contributed by atoms with Crippen LogP contribution in [0.1, 0.15) is 27.9 Å². The first-order valence-corrected chi connectivity index (χ1v) is 6.11. The summed E-state index contributed by atoms with van der Waals surface area (Å²) in [5.74, 6) is 0.513. The van der Waals surface area contributed by atoms with Crippen LogP contribution in [0.3, 0.4) is 0 Å². The van der Waals surface area contributed by atoms with Gasteiger partial charge in [0.2, 0.25) is 0 Å². The zero-order chi connectivity index (χ0) is 14.0. The van der Waals surface area contributed by atoms with Crippen molar-refractivity contribution in [1.29, 1.82) is 5.26 Å². The van der Waals surface area contributed by atoms with Crippen LogP contribution in [-0.2, 0) is 0 Å². The van der Waals surface area contributed by atoms with Crippen molar-refractivity contribution in [3.05, 3.63) is 46.1 Å². The van der Waals surface area contributed by atoms with E-state index in [9.17, 15) is 5.26 Å². The summed E-state index contributed by atoms with van der Waals surface area (Å²) in [6.45, 7) is 7.83. The fourth-order valence-electron chi connectivity index (χ4n) is 1.85. The number of benzene rings is 1. The van der Waals surface area contributed by atoms with E-state index < -0.39 is 0 Å². The zero-order valence-corrected chi connectivity index (χ0v) is 11.6. The molecule has 0 radical (unpaired) electrons. The van der Waals surface area contributed by atoms with Crippen molar-refractivity contribution in [3.63, 3.8) is 0 Å². The van der Waals surface area contributed by atoms with E-state index in [1.54, 1.807) is 0 Å². The maximum absolute atomic E-state index is 9.27. The summed E-state index contributed by atoms with van der Waals surface area (Å²) in [5.41, 5.74) is 5.49. The monoisotopic (exact) mass is 252 g/mol. The first kappa shape index (κ1) is 13.0. The first-order chi connectivity index (χ1) is 9.04. The molecule has 0 saturated carbocycles. The standard InChI is InChI=1S/C15H16N4/c1-9-6-5-7-14(10(9)2)17-15-13(8-16)11(3)12(4)18-19-15/h5-7H,1-4H3,(H,17,19). The van der Waals surface area contributed by atoms with E-state index in [-0.39, 0.29) is 0 Å². The topological polar surface area (TPSA) is 61.6 Å². The number of hydrogen-bond donors (Lipinski definition) is 1. The number of anilines is 2. The van der Waals surface area contributed by atoms with Crippen LogP contribution in [-0.4, -0.2) is 10.2 Å². The molecular formula is C15H16N4. The Bertz CT molecular complexity index is 669. The van der Waals surface area contributed by atoms with Crippen LogP contribution in [0, 0.1) is 39.0 Å². The molecule has 96 valence electrons. The van der Waals surface area contributed by atoms with Crippen LogP contribution in [0.5, 0.6) is 0 Å². The molecule has 1 aromatic carbocycles. The smallest absolute Gasteiger partial charge is 0.171 e. The largest absolute Gasteiger partial charge is 0.337 e. The van der Waals surface area contributed by atoms with Gasteiger partial charge in [-0.1, -0.05) is 12.1 Å². The Labute approximate surface area is 113 Å². The Balaban J connectivity index is 2.48. The maximum Gasteiger partial charge on any atom is 0.171 e. The summed E-state index contributed by atoms with van der Waals surface area (Å²) in [5, 5.41) is 20.6. The van der Waals surface area contributed by atoms with Gasteiger partial charge in [-0.2, -0.15) is 10.4 Å². The van der Waals surface area contributed by atoms with Gasteiger partial charge < -0.3 is 5.32 Å². The lowest BCUT2D eigenvalue weighted by molar-refractivity contribution is 0.960. The van der Waals surface area contributed by atoms with E-state index in [0.29, 0.717) is 11.4 Å². The van der Waals surface area contributed by atoms with Crippen molar-refractivity contribution in [1.82, 2.24) is 10.2 Å². The molecule has 0 aliphatic heterocycles. The number of nitrogens with one attached hydrogen (secondary N) is 1. The highest BCUT2D eigenvalue weighted by Gasteiger charge is 2.12. The van der Waals surface area contributed by atoms with Crippen molar-refractivity contribution in [2.24, 2.45) is 0 Å². The number of nitriles is 1. The Morgan fingerprint density at radius 3 is 2.47 bits per heavy atom. The molecule has 0 unspecified atom stereocenters. The van der Waals surface area contributed by atoms with Crippen LogP contribution < -0.4 is 5.32 Å². The highest BCUT2D eigenvalue weighted by molar-refractivity contribution is 5.67. The minimum absolute atomic E-state index is 0.513. The van der Waals surface area contributed by atoms with E-state index in [1.165, 1.54) is 5.56 Å². The number of nitrogens with zero attached hydrogens (tertiary/aromatic N) is 3. The third-order valence-electron chi connectivity index (χ3n) is 3.42. The zero-order valence-electron chi connectivity index (χ0n) is 11.6. The van der Waals surface area contributed by atoms with Gasteiger partial charge >= 0.3 is 0 Å². The van der Waals surface area contributed by atoms with Gasteiger partial charge in [0.15, 0.2) is 5.82 Å². The van der Waals surface area contributed by atoms with Gasteiger partial charge in [-0.25, -0.2) is 0 Å². The molecule has 0 bridgehead atoms. The SMILES string of the molecule is Cc1cccc(Nc2nnc(C)c(C)c2C#N)c1C. The molecule has 1 aromatic heterocycles. The molecule has 0 fully saturated rings. The summed E-state index contributed by atoms with van der Waals surface area (Å²) in [6.07, 6.45) is 0. The average Bonchev–Trinajstić information content (AvgIpc) is 2.39. The molecule has 0 amide bonds. The van der Waals surface area contributed by atoms with Gasteiger partial charge in [0.05, 0.1) is 5.69 Å². The highest BCUT2D eigenvalue weighted by Crippen LogP contribution is 2.25. The number of rotatable bonds is 2. The van der Waals surface area contributed by atoms with E-state index >= 15 is 0 Å². The van der Waals surface area contributed by atoms with Gasteiger partial charge in [0.1, 0.15) is 11.6 Å². The van der Waals surface area contributed by atoms with Crippen LogP contribution in [0.25, 0.3) is 0 Å². The summed E-state index contributed by atoms with van der Waals surface area (Å²) in [6, 6.07) is 8.20. The van der Waals surface area contributed by atoms with Crippen molar-refractivity contribution >= 4 is 11.5 Å². The van der Waals surface area contributed by atoms with Crippen molar-refractivity contribution in [2.75, 3.05) is 5.32 Å². The second kappa shape index (κ2) is 5.07. The molecule has 4 heteroatoms. The Hall–Kier alpha value is -2.41. The predicted octanol–water partition coefficient (Wildman–Crippen LogP) is 3.33. The summed E-state index contributed by atoms with van der Waals surface area (Å²) in [4.78, 5) is 0. The van der Waals surface area contributed by atoms with Gasteiger partial charge in [0.25, 0.3) is 0 Å². The average molecular weight is 252 g/mol. The summed E-state index contributed by atoms with van der Waals surface area (Å²) in [7, 11) is 0. The van der Waals surface area contributed by atoms with Gasteiger partial charge in [-0.15, -0.1) is 5.10 Å². The van der Waals surface area contributed by atoms with Crippen LogP contribution in [0.15, 0.2) is 18.2 Å². The molecule has 0 atom stereocenters. The summed E-state index contributed by atoms with van der Waals surface area (Å²) >= 11 is 0. The maximum atomic E-state index is 9.27. The van der Waals surface area contributed by atoms with Crippen molar-refractivity contribution in [2.45, 2.75) is 27.7 Å². The Kier molecular flexibility index (Phi) is 3.48. The quantitative estimate of drug-likeness (QED) is 0.890. The molecule has 0 saturated heterocycles. The van der Waals surface area contributed by atoms with Crippen molar-refractivity contribution < 1.29 is 0 Å². The molecule has 4 nitrogen and oxygen atoms in total. The molecule has 2 rings (SSSR count). The van der Waals surface area contributed by atoms with Crippen LogP contribution in [0.4, 0.5) is 11.5 Å². The molecule has 1 heterocycles. The normalized spacial score (nSPS) is 10.1. The number of aromatic nitrogens is 2. The van der Waals surface area contributed by atoms with Crippen molar-refractivity contribution in [3.8, 4) is 6.07 Å². The minimum atomic E-state index is 0.513. The second-order valence-electron chi connectivity index (χ2n) is 4.62. The lowest BCUT2D eigenvalue weighted by Crippen LogP contribution is -2.04.